The Morgan fingerprint density at radius 3 is 2.55 bits per heavy atom. The third kappa shape index (κ3) is 5.08. The van der Waals surface area contributed by atoms with Crippen molar-refractivity contribution in [2.75, 3.05) is 17.2 Å². The van der Waals surface area contributed by atoms with Crippen LogP contribution in [0.4, 0.5) is 11.8 Å². The van der Waals surface area contributed by atoms with Crippen LogP contribution < -0.4 is 15.3 Å². The Balaban J connectivity index is 1.72. The predicted octanol–water partition coefficient (Wildman–Crippen LogP) is 5.73. The average Bonchev–Trinajstić information content (AvgIpc) is 2.75. The van der Waals surface area contributed by atoms with Gasteiger partial charge in [0.15, 0.2) is 5.69 Å². The van der Waals surface area contributed by atoms with Gasteiger partial charge >= 0.3 is 5.95 Å². The van der Waals surface area contributed by atoms with Crippen molar-refractivity contribution >= 4 is 35.0 Å². The first-order chi connectivity index (χ1) is 15.6. The molecule has 2 aromatic carbocycles. The molecule has 174 valence electrons. The van der Waals surface area contributed by atoms with Crippen LogP contribution in [0.1, 0.15) is 45.2 Å². The number of aromatic nitrogens is 3. The monoisotopic (exact) mass is 486 g/mol. The van der Waals surface area contributed by atoms with E-state index in [1.54, 1.807) is 4.68 Å². The van der Waals surface area contributed by atoms with Gasteiger partial charge in [-0.25, -0.2) is 0 Å². The molecule has 2 N–H and O–H groups in total. The summed E-state index contributed by atoms with van der Waals surface area (Å²) in [4.78, 5) is 4.89. The first-order valence-electron chi connectivity index (χ1n) is 11.0. The summed E-state index contributed by atoms with van der Waals surface area (Å²) in [6.45, 7) is 9.52. The van der Waals surface area contributed by atoms with Crippen molar-refractivity contribution in [1.82, 2.24) is 10.1 Å². The van der Waals surface area contributed by atoms with Crippen LogP contribution in [0, 0.1) is 0 Å². The summed E-state index contributed by atoms with van der Waals surface area (Å²) in [5, 5.41) is 12.8. The summed E-state index contributed by atoms with van der Waals surface area (Å²) in [7, 11) is 1.86. The summed E-state index contributed by atoms with van der Waals surface area (Å²) < 4.78 is 7.77. The van der Waals surface area contributed by atoms with Crippen molar-refractivity contribution in [3.8, 4) is 11.3 Å². The molecule has 0 aliphatic carbocycles. The third-order valence-electron chi connectivity index (χ3n) is 5.75. The molecule has 1 unspecified atom stereocenters. The van der Waals surface area contributed by atoms with Gasteiger partial charge in [0.2, 0.25) is 5.82 Å². The first kappa shape index (κ1) is 23.7. The van der Waals surface area contributed by atoms with Crippen LogP contribution in [0.25, 0.3) is 11.3 Å². The zero-order valence-electron chi connectivity index (χ0n) is 19.7. The number of rotatable bonds is 6. The van der Waals surface area contributed by atoms with Gasteiger partial charge in [-0.1, -0.05) is 59.6 Å². The highest BCUT2D eigenvalue weighted by molar-refractivity contribution is 6.44. The molecule has 0 saturated heterocycles. The summed E-state index contributed by atoms with van der Waals surface area (Å²) in [5.41, 5.74) is 3.02. The second-order valence-electron chi connectivity index (χ2n) is 9.55. The molecule has 0 spiro atoms. The SMILES string of the molecule is C[n+]1nc2c(nc1NCc1ccccc1)NC(C)(CCOC(C)(C)C)c1ccc(Cl)c(Cl)c1-2. The minimum absolute atomic E-state index is 0.217. The number of benzene rings is 2. The van der Waals surface area contributed by atoms with Crippen molar-refractivity contribution in [3.63, 3.8) is 0 Å². The maximum atomic E-state index is 6.72. The van der Waals surface area contributed by atoms with Crippen LogP contribution in [0.15, 0.2) is 42.5 Å². The number of anilines is 2. The zero-order chi connectivity index (χ0) is 23.8. The van der Waals surface area contributed by atoms with Crippen LogP contribution in [-0.4, -0.2) is 22.3 Å². The largest absolute Gasteiger partial charge is 0.413 e. The van der Waals surface area contributed by atoms with Gasteiger partial charge in [-0.05, 0) is 56.3 Å². The standard InChI is InChI=1S/C25H29Cl2N5O/c1-24(2,3)33-14-13-25(4)17-11-12-18(26)20(27)19(17)21-22(30-25)29-23(32(5)31-21)28-15-16-9-7-6-8-10-16/h6-12H,13-15H2,1-5H3,(H,28,29,30)/p+1. The summed E-state index contributed by atoms with van der Waals surface area (Å²) in [6, 6.07) is 14.0. The van der Waals surface area contributed by atoms with Crippen molar-refractivity contribution in [1.29, 1.82) is 0 Å². The highest BCUT2D eigenvalue weighted by atomic mass is 35.5. The quantitative estimate of drug-likeness (QED) is 0.435. The Bertz CT molecular complexity index is 1160. The van der Waals surface area contributed by atoms with Gasteiger partial charge in [0, 0.05) is 12.2 Å². The van der Waals surface area contributed by atoms with Gasteiger partial charge in [-0.3, -0.25) is 5.32 Å². The Morgan fingerprint density at radius 1 is 1.12 bits per heavy atom. The van der Waals surface area contributed by atoms with E-state index in [0.717, 1.165) is 23.1 Å². The maximum absolute atomic E-state index is 6.72. The zero-order valence-corrected chi connectivity index (χ0v) is 21.2. The summed E-state index contributed by atoms with van der Waals surface area (Å²) in [5.74, 6) is 1.32. The Labute approximate surface area is 205 Å². The minimum atomic E-state index is -0.451. The fourth-order valence-corrected chi connectivity index (χ4v) is 4.40. The van der Waals surface area contributed by atoms with Crippen molar-refractivity contribution in [3.05, 3.63) is 63.6 Å². The molecule has 4 rings (SSSR count). The van der Waals surface area contributed by atoms with E-state index in [4.69, 9.17) is 38.0 Å². The molecule has 1 aliphatic heterocycles. The van der Waals surface area contributed by atoms with Gasteiger partial charge in [-0.15, -0.1) is 9.78 Å². The number of fused-ring (bicyclic) bond motifs is 3. The van der Waals surface area contributed by atoms with E-state index in [1.165, 1.54) is 0 Å². The Hall–Kier alpha value is -2.41. The molecule has 0 saturated carbocycles. The highest BCUT2D eigenvalue weighted by Gasteiger charge is 2.40. The van der Waals surface area contributed by atoms with E-state index in [-0.39, 0.29) is 5.60 Å². The van der Waals surface area contributed by atoms with Gasteiger partial charge in [0.1, 0.15) is 0 Å². The molecule has 1 atom stereocenters. The molecule has 3 aromatic rings. The van der Waals surface area contributed by atoms with Gasteiger partial charge in [0.05, 0.1) is 34.8 Å². The van der Waals surface area contributed by atoms with E-state index >= 15 is 0 Å². The molecule has 0 bridgehead atoms. The molecule has 6 nitrogen and oxygen atoms in total. The third-order valence-corrected chi connectivity index (χ3v) is 6.55. The van der Waals surface area contributed by atoms with Gasteiger partial charge in [0.25, 0.3) is 0 Å². The lowest BCUT2D eigenvalue weighted by Gasteiger charge is -2.37. The van der Waals surface area contributed by atoms with E-state index in [1.807, 2.05) is 37.4 Å². The second-order valence-corrected chi connectivity index (χ2v) is 10.3. The molecule has 0 fully saturated rings. The smallest absolute Gasteiger partial charge is 0.376 e. The van der Waals surface area contributed by atoms with Gasteiger partial charge in [-0.2, -0.15) is 0 Å². The van der Waals surface area contributed by atoms with Crippen LogP contribution in [0.3, 0.4) is 0 Å². The lowest BCUT2D eigenvalue weighted by Crippen LogP contribution is -2.43. The first-order valence-corrected chi connectivity index (χ1v) is 11.8. The molecule has 1 aromatic heterocycles. The summed E-state index contributed by atoms with van der Waals surface area (Å²) >= 11 is 13.1. The lowest BCUT2D eigenvalue weighted by atomic mass is 9.81. The fourth-order valence-electron chi connectivity index (χ4n) is 3.99. The number of hydrogen-bond acceptors (Lipinski definition) is 5. The van der Waals surface area contributed by atoms with Crippen LogP contribution in [0.2, 0.25) is 10.0 Å². The Kier molecular flexibility index (Phi) is 6.54. The van der Waals surface area contributed by atoms with E-state index in [0.29, 0.717) is 40.7 Å². The van der Waals surface area contributed by atoms with Gasteiger partial charge < -0.3 is 10.1 Å². The van der Waals surface area contributed by atoms with E-state index in [2.05, 4.69) is 50.5 Å². The van der Waals surface area contributed by atoms with Crippen molar-refractivity contribution < 1.29 is 9.42 Å². The van der Waals surface area contributed by atoms with Crippen molar-refractivity contribution in [2.45, 2.75) is 51.8 Å². The molecule has 0 radical (unpaired) electrons. The maximum Gasteiger partial charge on any atom is 0.413 e. The number of nitrogens with one attached hydrogen (secondary N) is 2. The molecule has 8 heteroatoms. The van der Waals surface area contributed by atoms with E-state index < -0.39 is 5.54 Å². The molecule has 2 heterocycles. The van der Waals surface area contributed by atoms with Crippen LogP contribution >= 0.6 is 23.2 Å². The second kappa shape index (κ2) is 9.09. The molecular formula is C25H30Cl2N5O+. The number of aryl methyl sites for hydroxylation is 1. The normalized spacial score (nSPS) is 17.2. The lowest BCUT2D eigenvalue weighted by molar-refractivity contribution is -0.718. The molecule has 0 amide bonds. The number of halogens is 2. The highest BCUT2D eigenvalue weighted by Crippen LogP contribution is 2.48. The van der Waals surface area contributed by atoms with E-state index in [9.17, 15) is 0 Å². The van der Waals surface area contributed by atoms with Crippen LogP contribution in [-0.2, 0) is 23.9 Å². The van der Waals surface area contributed by atoms with Crippen LogP contribution in [0.5, 0.6) is 0 Å². The number of nitrogens with zero attached hydrogens (tertiary/aromatic N) is 3. The predicted molar refractivity (Wildman–Crippen MR) is 134 cm³/mol. The molecule has 33 heavy (non-hydrogen) atoms. The summed E-state index contributed by atoms with van der Waals surface area (Å²) in [6.07, 6.45) is 0.726. The topological polar surface area (TPSA) is 63.0 Å². The Morgan fingerprint density at radius 2 is 1.85 bits per heavy atom. The number of hydrogen-bond donors (Lipinski definition) is 2. The molecule has 1 aliphatic rings. The number of ether oxygens (including phenoxy) is 1. The average molecular weight is 487 g/mol. The minimum Gasteiger partial charge on any atom is -0.376 e. The van der Waals surface area contributed by atoms with Crippen molar-refractivity contribution in [2.24, 2.45) is 7.05 Å². The molecular weight excluding hydrogens is 457 g/mol. The fraction of sp³-hybridized carbons (Fsp3) is 0.400.